The van der Waals surface area contributed by atoms with Crippen LogP contribution in [0.25, 0.3) is 0 Å². The van der Waals surface area contributed by atoms with Gasteiger partial charge in [0.2, 0.25) is 5.09 Å². The maximum absolute atomic E-state index is 14.7. The first-order valence-electron chi connectivity index (χ1n) is 9.25. The van der Waals surface area contributed by atoms with Gasteiger partial charge in [0.05, 0.1) is 5.69 Å². The molecule has 10 heteroatoms. The number of anilines is 2. The van der Waals surface area contributed by atoms with Crippen molar-refractivity contribution < 1.29 is 22.0 Å². The minimum Gasteiger partial charge on any atom is -0.438 e. The number of carbonyl (C=O) groups is 1. The van der Waals surface area contributed by atoms with Crippen LogP contribution in [0.3, 0.4) is 0 Å². The average Bonchev–Trinajstić information content (AvgIpc) is 3.07. The molecule has 0 unspecified atom stereocenters. The molecule has 8 nitrogen and oxygen atoms in total. The largest absolute Gasteiger partial charge is 0.438 e. The first-order valence-corrected chi connectivity index (χ1v) is 10.7. The Morgan fingerprint density at radius 2 is 1.90 bits per heavy atom. The Bertz CT molecular complexity index is 990. The number of sulfonamides is 1. The smallest absolute Gasteiger partial charge is 0.291 e. The van der Waals surface area contributed by atoms with E-state index in [1.54, 1.807) is 12.1 Å². The lowest BCUT2D eigenvalue weighted by Crippen LogP contribution is -2.29. The molecule has 0 spiro atoms. The molecule has 1 saturated heterocycles. The summed E-state index contributed by atoms with van der Waals surface area (Å²) in [7, 11) is 0.998. The minimum absolute atomic E-state index is 0.175. The van der Waals surface area contributed by atoms with E-state index in [1.807, 2.05) is 11.9 Å². The SMILES string of the molecule is CN1CCCN(c2ccc(NC(=O)c3ccc(S(=O)(=O)N(C)C)o3)cc2F)CC1. The number of nitrogens with one attached hydrogen (secondary N) is 1. The number of furan rings is 1. The molecule has 0 radical (unpaired) electrons. The molecule has 1 aliphatic heterocycles. The maximum atomic E-state index is 14.7. The van der Waals surface area contributed by atoms with Gasteiger partial charge in [-0.2, -0.15) is 0 Å². The highest BCUT2D eigenvalue weighted by Crippen LogP contribution is 2.25. The second kappa shape index (κ2) is 8.52. The fraction of sp³-hybridized carbons (Fsp3) is 0.421. The third-order valence-electron chi connectivity index (χ3n) is 4.81. The van der Waals surface area contributed by atoms with E-state index in [1.165, 1.54) is 32.3 Å². The molecule has 1 aromatic heterocycles. The van der Waals surface area contributed by atoms with Crippen molar-refractivity contribution in [3.63, 3.8) is 0 Å². The standard InChI is InChI=1S/C19H25FN4O4S/c1-22(2)29(26,27)18-8-7-17(28-18)19(25)21-14-5-6-16(15(20)13-14)24-10-4-9-23(3)11-12-24/h5-8,13H,4,9-12H2,1-3H3,(H,21,25). The highest BCUT2D eigenvalue weighted by atomic mass is 32.2. The molecule has 0 atom stereocenters. The quantitative estimate of drug-likeness (QED) is 0.791. The maximum Gasteiger partial charge on any atom is 0.291 e. The van der Waals surface area contributed by atoms with Crippen molar-refractivity contribution in [2.75, 3.05) is 57.5 Å². The second-order valence-electron chi connectivity index (χ2n) is 7.17. The van der Waals surface area contributed by atoms with Crippen LogP contribution in [0.1, 0.15) is 17.0 Å². The second-order valence-corrected chi connectivity index (χ2v) is 9.25. The van der Waals surface area contributed by atoms with Gasteiger partial charge in [-0.05, 0) is 50.3 Å². The predicted molar refractivity (Wildman–Crippen MR) is 108 cm³/mol. The number of hydrogen-bond acceptors (Lipinski definition) is 6. The normalized spacial score (nSPS) is 16.1. The van der Waals surface area contributed by atoms with Gasteiger partial charge in [0.1, 0.15) is 5.82 Å². The third kappa shape index (κ3) is 4.77. The van der Waals surface area contributed by atoms with E-state index in [9.17, 15) is 17.6 Å². The number of likely N-dealkylation sites (N-methyl/N-ethyl adjacent to an activating group) is 1. The molecule has 1 amide bonds. The van der Waals surface area contributed by atoms with Gasteiger partial charge < -0.3 is 19.5 Å². The Labute approximate surface area is 169 Å². The molecule has 1 aliphatic rings. The summed E-state index contributed by atoms with van der Waals surface area (Å²) >= 11 is 0. The molecule has 158 valence electrons. The zero-order chi connectivity index (χ0) is 21.2. The molecule has 29 heavy (non-hydrogen) atoms. The summed E-state index contributed by atoms with van der Waals surface area (Å²) in [4.78, 5) is 16.6. The number of rotatable bonds is 5. The lowest BCUT2D eigenvalue weighted by molar-refractivity contribution is 0.0991. The van der Waals surface area contributed by atoms with Crippen LogP contribution in [-0.2, 0) is 10.0 Å². The molecular formula is C19H25FN4O4S. The van der Waals surface area contributed by atoms with Crippen LogP contribution in [0, 0.1) is 5.82 Å². The van der Waals surface area contributed by atoms with E-state index in [-0.39, 0.29) is 16.5 Å². The topological polar surface area (TPSA) is 86.1 Å². The summed E-state index contributed by atoms with van der Waals surface area (Å²) in [5, 5.41) is 2.20. The van der Waals surface area contributed by atoms with Crippen molar-refractivity contribution in [2.24, 2.45) is 0 Å². The van der Waals surface area contributed by atoms with Crippen molar-refractivity contribution in [3.8, 4) is 0 Å². The van der Waals surface area contributed by atoms with Gasteiger partial charge in [0.25, 0.3) is 15.9 Å². The summed E-state index contributed by atoms with van der Waals surface area (Å²) < 4.78 is 44.9. The Morgan fingerprint density at radius 1 is 1.14 bits per heavy atom. The average molecular weight is 424 g/mol. The van der Waals surface area contributed by atoms with Crippen molar-refractivity contribution >= 4 is 27.3 Å². The van der Waals surface area contributed by atoms with Gasteiger partial charge in [0.15, 0.2) is 5.76 Å². The molecule has 0 saturated carbocycles. The van der Waals surface area contributed by atoms with E-state index in [2.05, 4.69) is 10.2 Å². The van der Waals surface area contributed by atoms with Crippen molar-refractivity contribution in [2.45, 2.75) is 11.5 Å². The zero-order valence-corrected chi connectivity index (χ0v) is 17.5. The lowest BCUT2D eigenvalue weighted by Gasteiger charge is -2.23. The summed E-state index contributed by atoms with van der Waals surface area (Å²) in [5.74, 6) is -1.26. The fourth-order valence-corrected chi connectivity index (χ4v) is 3.88. The first kappa shape index (κ1) is 21.3. The molecule has 3 rings (SSSR count). The van der Waals surface area contributed by atoms with Gasteiger partial charge in [-0.25, -0.2) is 17.1 Å². The van der Waals surface area contributed by atoms with Gasteiger partial charge in [-0.15, -0.1) is 0 Å². The Balaban J connectivity index is 1.72. The summed E-state index contributed by atoms with van der Waals surface area (Å²) in [6.07, 6.45) is 0.950. The van der Waals surface area contributed by atoms with Gasteiger partial charge in [-0.1, -0.05) is 0 Å². The lowest BCUT2D eigenvalue weighted by atomic mass is 10.2. The molecule has 1 N–H and O–H groups in total. The van der Waals surface area contributed by atoms with Crippen LogP contribution in [0.15, 0.2) is 39.8 Å². The van der Waals surface area contributed by atoms with Crippen LogP contribution in [0.2, 0.25) is 0 Å². The summed E-state index contributed by atoms with van der Waals surface area (Å²) in [5.41, 5.74) is 0.757. The number of benzene rings is 1. The van der Waals surface area contributed by atoms with E-state index in [0.29, 0.717) is 5.69 Å². The molecule has 2 aromatic rings. The van der Waals surface area contributed by atoms with E-state index < -0.39 is 21.7 Å². The fourth-order valence-electron chi connectivity index (χ4n) is 3.08. The Hall–Kier alpha value is -2.43. The first-order chi connectivity index (χ1) is 13.7. The molecular weight excluding hydrogens is 399 g/mol. The Morgan fingerprint density at radius 3 is 2.59 bits per heavy atom. The van der Waals surface area contributed by atoms with Crippen LogP contribution in [-0.4, -0.2) is 70.9 Å². The number of halogens is 1. The minimum atomic E-state index is -3.78. The van der Waals surface area contributed by atoms with E-state index >= 15 is 0 Å². The van der Waals surface area contributed by atoms with Gasteiger partial charge in [-0.3, -0.25) is 4.79 Å². The highest BCUT2D eigenvalue weighted by molar-refractivity contribution is 7.88. The molecule has 0 bridgehead atoms. The van der Waals surface area contributed by atoms with Crippen molar-refractivity contribution in [1.82, 2.24) is 9.21 Å². The van der Waals surface area contributed by atoms with E-state index in [0.717, 1.165) is 36.9 Å². The predicted octanol–water partition coefficient (Wildman–Crippen LogP) is 2.06. The number of hydrogen-bond donors (Lipinski definition) is 1. The van der Waals surface area contributed by atoms with Crippen molar-refractivity contribution in [1.29, 1.82) is 0 Å². The highest BCUT2D eigenvalue weighted by Gasteiger charge is 2.24. The van der Waals surface area contributed by atoms with Crippen LogP contribution in [0.5, 0.6) is 0 Å². The third-order valence-corrected chi connectivity index (χ3v) is 6.50. The number of nitrogens with zero attached hydrogens (tertiary/aromatic N) is 3. The molecule has 2 heterocycles. The summed E-state index contributed by atoms with van der Waals surface area (Å²) in [6.45, 7) is 3.33. The summed E-state index contributed by atoms with van der Waals surface area (Å²) in [6, 6.07) is 6.99. The molecule has 1 fully saturated rings. The zero-order valence-electron chi connectivity index (χ0n) is 16.7. The van der Waals surface area contributed by atoms with Crippen LogP contribution >= 0.6 is 0 Å². The van der Waals surface area contributed by atoms with Crippen LogP contribution in [0.4, 0.5) is 15.8 Å². The Kier molecular flexibility index (Phi) is 6.25. The van der Waals surface area contributed by atoms with Crippen molar-refractivity contribution in [3.05, 3.63) is 41.9 Å². The van der Waals surface area contributed by atoms with Crippen LogP contribution < -0.4 is 10.2 Å². The monoisotopic (exact) mass is 424 g/mol. The number of carbonyl (C=O) groups excluding carboxylic acids is 1. The molecule has 1 aromatic carbocycles. The molecule has 0 aliphatic carbocycles. The van der Waals surface area contributed by atoms with E-state index in [4.69, 9.17) is 4.42 Å². The van der Waals surface area contributed by atoms with Gasteiger partial charge in [0, 0.05) is 39.4 Å². The van der Waals surface area contributed by atoms with Gasteiger partial charge >= 0.3 is 0 Å². The number of amides is 1.